The van der Waals surface area contributed by atoms with Crippen LogP contribution in [-0.4, -0.2) is 36.8 Å². The summed E-state index contributed by atoms with van der Waals surface area (Å²) in [5.74, 6) is -0.0842. The summed E-state index contributed by atoms with van der Waals surface area (Å²) in [6.07, 6.45) is 5.70. The van der Waals surface area contributed by atoms with Gasteiger partial charge in [-0.1, -0.05) is 31.0 Å². The molecule has 1 fully saturated rings. The van der Waals surface area contributed by atoms with Crippen molar-refractivity contribution < 1.29 is 9.72 Å². The number of hydrogen-bond donors (Lipinski definition) is 1. The molecule has 1 amide bonds. The van der Waals surface area contributed by atoms with Crippen LogP contribution in [0.15, 0.2) is 27.8 Å². The number of nitrogens with one attached hydrogen (secondary N) is 1. The number of thioether (sulfide) groups is 1. The van der Waals surface area contributed by atoms with Crippen molar-refractivity contribution in [2.45, 2.75) is 43.3 Å². The van der Waals surface area contributed by atoms with Gasteiger partial charge >= 0.3 is 0 Å². The first-order chi connectivity index (χ1) is 12.5. The van der Waals surface area contributed by atoms with Crippen LogP contribution in [0.3, 0.4) is 0 Å². The summed E-state index contributed by atoms with van der Waals surface area (Å²) in [5.41, 5.74) is 0.434. The van der Waals surface area contributed by atoms with E-state index in [1.807, 2.05) is 4.68 Å². The summed E-state index contributed by atoms with van der Waals surface area (Å²) in [7, 11) is 0. The van der Waals surface area contributed by atoms with Crippen molar-refractivity contribution in [3.63, 3.8) is 0 Å². The Labute approximate surface area is 162 Å². The van der Waals surface area contributed by atoms with Crippen LogP contribution in [0.5, 0.6) is 0 Å². The molecular weight excluding hydrogens is 424 g/mol. The Balaban J connectivity index is 1.58. The zero-order chi connectivity index (χ0) is 18.5. The summed E-state index contributed by atoms with van der Waals surface area (Å²) < 4.78 is 2.27. The Morgan fingerprint density at radius 1 is 1.38 bits per heavy atom. The number of nitrogens with zero attached hydrogens (tertiary/aromatic N) is 5. The largest absolute Gasteiger partial charge is 0.324 e. The third kappa shape index (κ3) is 4.58. The number of halogens is 1. The number of amides is 1. The smallest absolute Gasteiger partial charge is 0.270 e. The van der Waals surface area contributed by atoms with Gasteiger partial charge in [-0.3, -0.25) is 14.9 Å². The summed E-state index contributed by atoms with van der Waals surface area (Å²) >= 11 is 4.51. The van der Waals surface area contributed by atoms with Crippen LogP contribution in [-0.2, 0) is 4.79 Å². The monoisotopic (exact) mass is 440 g/mol. The third-order valence-corrected chi connectivity index (χ3v) is 5.74. The molecule has 1 saturated carbocycles. The van der Waals surface area contributed by atoms with Crippen molar-refractivity contribution >= 4 is 45.0 Å². The minimum Gasteiger partial charge on any atom is -0.324 e. The Morgan fingerprint density at radius 3 is 2.85 bits per heavy atom. The number of nitro benzene ring substituents is 1. The average Bonchev–Trinajstić information content (AvgIpc) is 3.11. The number of carbonyl (C=O) groups excluding carboxylic acids is 1. The van der Waals surface area contributed by atoms with Gasteiger partial charge in [0.25, 0.3) is 5.69 Å². The topological polar surface area (TPSA) is 116 Å². The molecule has 1 N–H and O–H groups in total. The molecule has 1 heterocycles. The lowest BCUT2D eigenvalue weighted by Crippen LogP contribution is -2.17. The number of rotatable bonds is 6. The zero-order valence-corrected chi connectivity index (χ0v) is 16.2. The first-order valence-corrected chi connectivity index (χ1v) is 9.97. The molecule has 0 saturated heterocycles. The second kappa shape index (κ2) is 8.58. The lowest BCUT2D eigenvalue weighted by molar-refractivity contribution is -0.384. The molecule has 1 aliphatic carbocycles. The van der Waals surface area contributed by atoms with Gasteiger partial charge in [0.2, 0.25) is 11.1 Å². The van der Waals surface area contributed by atoms with Crippen molar-refractivity contribution in [2.75, 3.05) is 11.1 Å². The predicted molar refractivity (Wildman–Crippen MR) is 100 cm³/mol. The molecule has 9 nitrogen and oxygen atoms in total. The normalized spacial score (nSPS) is 15.0. The van der Waals surface area contributed by atoms with E-state index in [1.165, 1.54) is 49.2 Å². The van der Waals surface area contributed by atoms with E-state index in [9.17, 15) is 14.9 Å². The van der Waals surface area contributed by atoms with Crippen LogP contribution >= 0.6 is 27.7 Å². The van der Waals surface area contributed by atoms with Gasteiger partial charge in [-0.15, -0.1) is 5.10 Å². The standard InChI is InChI=1S/C15H17BrN6O3S/c16-12-8-11(22(24)25)6-7-13(12)17-14(23)9-26-15-18-19-20-21(15)10-4-2-1-3-5-10/h6-8,10H,1-5,9H2,(H,17,23). The molecule has 1 aromatic heterocycles. The van der Waals surface area contributed by atoms with Crippen LogP contribution in [0.4, 0.5) is 11.4 Å². The van der Waals surface area contributed by atoms with Gasteiger partial charge in [-0.05, 0) is 45.3 Å². The molecule has 0 unspecified atom stereocenters. The second-order valence-electron chi connectivity index (χ2n) is 5.96. The van der Waals surface area contributed by atoms with Crippen LogP contribution in [0, 0.1) is 10.1 Å². The SMILES string of the molecule is O=C(CSc1nnnn1C1CCCCC1)Nc1ccc([N+](=O)[O-])cc1Br. The third-order valence-electron chi connectivity index (χ3n) is 4.15. The van der Waals surface area contributed by atoms with Crippen LogP contribution in [0.2, 0.25) is 0 Å². The molecule has 0 bridgehead atoms. The maximum absolute atomic E-state index is 12.2. The number of hydrogen-bond acceptors (Lipinski definition) is 7. The first kappa shape index (κ1) is 18.8. The number of anilines is 1. The molecule has 0 atom stereocenters. The van der Waals surface area contributed by atoms with E-state index < -0.39 is 4.92 Å². The van der Waals surface area contributed by atoms with Gasteiger partial charge in [0.1, 0.15) is 0 Å². The molecule has 0 spiro atoms. The molecular formula is C15H17BrN6O3S. The minimum atomic E-state index is -0.489. The minimum absolute atomic E-state index is 0.0455. The number of non-ortho nitro benzene ring substituents is 1. The molecule has 26 heavy (non-hydrogen) atoms. The van der Waals surface area contributed by atoms with Gasteiger partial charge in [-0.25, -0.2) is 4.68 Å². The molecule has 11 heteroatoms. The van der Waals surface area contributed by atoms with Crippen LogP contribution < -0.4 is 5.32 Å². The van der Waals surface area contributed by atoms with E-state index >= 15 is 0 Å². The maximum Gasteiger partial charge on any atom is 0.270 e. The van der Waals surface area contributed by atoms with Gasteiger partial charge in [0.05, 0.1) is 22.4 Å². The van der Waals surface area contributed by atoms with E-state index in [0.717, 1.165) is 12.8 Å². The molecule has 138 valence electrons. The van der Waals surface area contributed by atoms with Crippen molar-refractivity contribution in [1.82, 2.24) is 20.2 Å². The fourth-order valence-corrected chi connectivity index (χ4v) is 4.08. The fourth-order valence-electron chi connectivity index (χ4n) is 2.87. The highest BCUT2D eigenvalue weighted by Gasteiger charge is 2.21. The van der Waals surface area contributed by atoms with Crippen molar-refractivity contribution in [2.24, 2.45) is 0 Å². The van der Waals surface area contributed by atoms with Gasteiger partial charge in [0, 0.05) is 16.6 Å². The lowest BCUT2D eigenvalue weighted by Gasteiger charge is -2.21. The zero-order valence-electron chi connectivity index (χ0n) is 13.8. The van der Waals surface area contributed by atoms with E-state index in [4.69, 9.17) is 0 Å². The number of carbonyl (C=O) groups is 1. The Kier molecular flexibility index (Phi) is 6.20. The predicted octanol–water partition coefficient (Wildman–Crippen LogP) is 3.58. The first-order valence-electron chi connectivity index (χ1n) is 8.19. The van der Waals surface area contributed by atoms with Crippen molar-refractivity contribution in [3.05, 3.63) is 32.8 Å². The summed E-state index contributed by atoms with van der Waals surface area (Å²) in [4.78, 5) is 22.5. The van der Waals surface area contributed by atoms with Crippen molar-refractivity contribution in [3.8, 4) is 0 Å². The summed E-state index contributed by atoms with van der Waals surface area (Å²) in [6, 6.07) is 4.49. The molecule has 2 aromatic rings. The lowest BCUT2D eigenvalue weighted by atomic mass is 9.96. The molecule has 3 rings (SSSR count). The summed E-state index contributed by atoms with van der Waals surface area (Å²) in [6.45, 7) is 0. The van der Waals surface area contributed by atoms with E-state index in [1.54, 1.807) is 0 Å². The van der Waals surface area contributed by atoms with Gasteiger partial charge < -0.3 is 5.32 Å². The van der Waals surface area contributed by atoms with Gasteiger partial charge in [-0.2, -0.15) is 0 Å². The fraction of sp³-hybridized carbons (Fsp3) is 0.467. The second-order valence-corrected chi connectivity index (χ2v) is 7.75. The molecule has 1 aromatic carbocycles. The number of aromatic nitrogens is 4. The van der Waals surface area contributed by atoms with Crippen molar-refractivity contribution in [1.29, 1.82) is 0 Å². The Bertz CT molecular complexity index is 808. The highest BCUT2D eigenvalue weighted by atomic mass is 79.9. The molecule has 1 aliphatic rings. The number of tetrazole rings is 1. The van der Waals surface area contributed by atoms with Crippen LogP contribution in [0.1, 0.15) is 38.1 Å². The summed E-state index contributed by atoms with van der Waals surface area (Å²) in [5, 5.41) is 26.0. The Morgan fingerprint density at radius 2 is 2.15 bits per heavy atom. The highest BCUT2D eigenvalue weighted by molar-refractivity contribution is 9.10. The maximum atomic E-state index is 12.2. The number of nitro groups is 1. The number of benzene rings is 1. The molecule has 0 aliphatic heterocycles. The quantitative estimate of drug-likeness (QED) is 0.414. The van der Waals surface area contributed by atoms with E-state index in [0.29, 0.717) is 21.4 Å². The average molecular weight is 441 g/mol. The Hall–Kier alpha value is -2.01. The van der Waals surface area contributed by atoms with Gasteiger partial charge in [0.15, 0.2) is 0 Å². The van der Waals surface area contributed by atoms with Crippen LogP contribution in [0.25, 0.3) is 0 Å². The highest BCUT2D eigenvalue weighted by Crippen LogP contribution is 2.30. The van der Waals surface area contributed by atoms with E-state index in [-0.39, 0.29) is 17.3 Å². The molecule has 0 radical (unpaired) electrons. The van der Waals surface area contributed by atoms with E-state index in [2.05, 4.69) is 36.8 Å².